The molecule has 0 bridgehead atoms. The molecule has 0 aliphatic carbocycles. The number of thioether (sulfide) groups is 1. The molecular formula is C17H31N3OS. The average molecular weight is 326 g/mol. The molecule has 0 N–H and O–H groups in total. The summed E-state index contributed by atoms with van der Waals surface area (Å²) in [7, 11) is 1.90. The molecule has 0 atom stereocenters. The Morgan fingerprint density at radius 3 is 2.59 bits per heavy atom. The number of carbonyl (C=O) groups excluding carboxylic acids is 1. The van der Waals surface area contributed by atoms with Crippen LogP contribution in [0.15, 0.2) is 16.1 Å². The van der Waals surface area contributed by atoms with Gasteiger partial charge in [-0.25, -0.2) is 4.79 Å². The number of aliphatic imine (C=N–C) groups is 1. The summed E-state index contributed by atoms with van der Waals surface area (Å²) in [5, 5.41) is 0. The van der Waals surface area contributed by atoms with Gasteiger partial charge in [0.05, 0.1) is 0 Å². The number of hydrogen-bond acceptors (Lipinski definition) is 3. The number of amides is 2. The number of urea groups is 1. The highest BCUT2D eigenvalue weighted by molar-refractivity contribution is 8.03. The third-order valence-electron chi connectivity index (χ3n) is 4.01. The minimum atomic E-state index is 0.190. The number of carbonyl (C=O) groups is 1. The van der Waals surface area contributed by atoms with E-state index >= 15 is 0 Å². The second kappa shape index (κ2) is 10.7. The van der Waals surface area contributed by atoms with Crippen molar-refractivity contribution in [2.24, 2.45) is 10.9 Å². The third kappa shape index (κ3) is 6.42. The monoisotopic (exact) mass is 325 g/mol. The number of allylic oxidation sites excluding steroid dienone is 1. The standard InChI is InChI=1S/C17H31N3OS/c1-5-7-16(13-18-3)22-14-15-8-11-20(12-9-15)17(21)19(4)10-6-2/h13,15H,3,5-12,14H2,1-2,4H3/b16-13-. The van der Waals surface area contributed by atoms with Crippen molar-refractivity contribution in [3.63, 3.8) is 0 Å². The Hall–Kier alpha value is -0.970. The van der Waals surface area contributed by atoms with Gasteiger partial charge in [-0.2, -0.15) is 0 Å². The highest BCUT2D eigenvalue weighted by Gasteiger charge is 2.24. The molecule has 4 nitrogen and oxygen atoms in total. The molecular weight excluding hydrogens is 294 g/mol. The Morgan fingerprint density at radius 1 is 1.36 bits per heavy atom. The molecule has 0 aromatic carbocycles. The first-order chi connectivity index (χ1) is 10.6. The number of nitrogens with zero attached hydrogens (tertiary/aromatic N) is 3. The minimum Gasteiger partial charge on any atom is -0.328 e. The van der Waals surface area contributed by atoms with Crippen molar-refractivity contribution in [3.8, 4) is 0 Å². The van der Waals surface area contributed by atoms with Crippen molar-refractivity contribution in [2.45, 2.75) is 46.0 Å². The summed E-state index contributed by atoms with van der Waals surface area (Å²) in [5.74, 6) is 1.84. The van der Waals surface area contributed by atoms with Crippen LogP contribution < -0.4 is 0 Å². The molecule has 1 saturated heterocycles. The summed E-state index contributed by atoms with van der Waals surface area (Å²) in [6, 6.07) is 0.190. The number of rotatable bonds is 8. The molecule has 0 aromatic rings. The van der Waals surface area contributed by atoms with Crippen LogP contribution in [-0.2, 0) is 0 Å². The van der Waals surface area contributed by atoms with Crippen molar-refractivity contribution in [3.05, 3.63) is 11.1 Å². The highest BCUT2D eigenvalue weighted by atomic mass is 32.2. The molecule has 1 rings (SSSR count). The molecule has 0 unspecified atom stereocenters. The smallest absolute Gasteiger partial charge is 0.319 e. The fourth-order valence-electron chi connectivity index (χ4n) is 2.71. The van der Waals surface area contributed by atoms with Gasteiger partial charge in [-0.05, 0) is 38.3 Å². The van der Waals surface area contributed by atoms with E-state index < -0.39 is 0 Å². The van der Waals surface area contributed by atoms with E-state index in [0.717, 1.165) is 57.5 Å². The maximum Gasteiger partial charge on any atom is 0.319 e. The quantitative estimate of drug-likeness (QED) is 0.626. The summed E-state index contributed by atoms with van der Waals surface area (Å²) in [4.78, 5) is 21.3. The van der Waals surface area contributed by atoms with Crippen molar-refractivity contribution in [2.75, 3.05) is 32.4 Å². The first-order valence-electron chi connectivity index (χ1n) is 8.40. The lowest BCUT2D eigenvalue weighted by atomic mass is 9.99. The lowest BCUT2D eigenvalue weighted by Crippen LogP contribution is -2.45. The molecule has 0 radical (unpaired) electrons. The maximum absolute atomic E-state index is 12.2. The van der Waals surface area contributed by atoms with E-state index in [2.05, 4.69) is 25.6 Å². The van der Waals surface area contributed by atoms with Gasteiger partial charge in [-0.15, -0.1) is 11.8 Å². The van der Waals surface area contributed by atoms with Gasteiger partial charge >= 0.3 is 6.03 Å². The third-order valence-corrected chi connectivity index (χ3v) is 5.33. The van der Waals surface area contributed by atoms with Crippen LogP contribution in [0, 0.1) is 5.92 Å². The second-order valence-electron chi connectivity index (χ2n) is 5.97. The summed E-state index contributed by atoms with van der Waals surface area (Å²) < 4.78 is 0. The van der Waals surface area contributed by atoms with Crippen molar-refractivity contribution >= 4 is 24.5 Å². The molecule has 0 spiro atoms. The number of likely N-dealkylation sites (tertiary alicyclic amines) is 1. The highest BCUT2D eigenvalue weighted by Crippen LogP contribution is 2.28. The van der Waals surface area contributed by atoms with E-state index in [1.807, 2.05) is 34.8 Å². The lowest BCUT2D eigenvalue weighted by Gasteiger charge is -2.34. The van der Waals surface area contributed by atoms with Crippen LogP contribution in [0.2, 0.25) is 0 Å². The fourth-order valence-corrected chi connectivity index (χ4v) is 3.99. The summed E-state index contributed by atoms with van der Waals surface area (Å²) in [6.45, 7) is 10.5. The van der Waals surface area contributed by atoms with Gasteiger partial charge in [0.25, 0.3) is 0 Å². The summed E-state index contributed by atoms with van der Waals surface area (Å²) in [5.41, 5.74) is 0. The van der Waals surface area contributed by atoms with E-state index in [9.17, 15) is 4.79 Å². The van der Waals surface area contributed by atoms with Gasteiger partial charge in [-0.3, -0.25) is 4.99 Å². The predicted molar refractivity (Wildman–Crippen MR) is 97.6 cm³/mol. The van der Waals surface area contributed by atoms with Gasteiger partial charge in [0.2, 0.25) is 0 Å². The minimum absolute atomic E-state index is 0.190. The molecule has 1 heterocycles. The normalized spacial score (nSPS) is 16.7. The molecule has 2 amide bonds. The van der Waals surface area contributed by atoms with Crippen LogP contribution >= 0.6 is 11.8 Å². The number of hydrogen-bond donors (Lipinski definition) is 0. The molecule has 0 aromatic heterocycles. The van der Waals surface area contributed by atoms with Crippen molar-refractivity contribution in [1.82, 2.24) is 9.80 Å². The van der Waals surface area contributed by atoms with Crippen LogP contribution in [-0.4, -0.2) is 55.0 Å². The second-order valence-corrected chi connectivity index (χ2v) is 7.12. The van der Waals surface area contributed by atoms with Gasteiger partial charge in [-0.1, -0.05) is 20.3 Å². The molecule has 22 heavy (non-hydrogen) atoms. The molecule has 0 saturated carbocycles. The largest absolute Gasteiger partial charge is 0.328 e. The van der Waals surface area contributed by atoms with E-state index in [4.69, 9.17) is 0 Å². The first-order valence-corrected chi connectivity index (χ1v) is 9.38. The Labute approximate surface area is 140 Å². The van der Waals surface area contributed by atoms with Crippen LogP contribution in [0.3, 0.4) is 0 Å². The zero-order valence-corrected chi connectivity index (χ0v) is 15.2. The Kier molecular flexibility index (Phi) is 9.28. The average Bonchev–Trinajstić information content (AvgIpc) is 2.53. The Morgan fingerprint density at radius 2 is 2.05 bits per heavy atom. The van der Waals surface area contributed by atoms with E-state index in [-0.39, 0.29) is 6.03 Å². The molecule has 1 fully saturated rings. The number of piperidine rings is 1. The Bertz CT molecular complexity index is 376. The van der Waals surface area contributed by atoms with Crippen molar-refractivity contribution < 1.29 is 4.79 Å². The summed E-state index contributed by atoms with van der Waals surface area (Å²) >= 11 is 1.91. The van der Waals surface area contributed by atoms with Crippen LogP contribution in [0.4, 0.5) is 4.79 Å². The first kappa shape index (κ1) is 19.1. The summed E-state index contributed by atoms with van der Waals surface area (Å²) in [6.07, 6.45) is 7.36. The van der Waals surface area contributed by atoms with E-state index in [0.29, 0.717) is 5.92 Å². The van der Waals surface area contributed by atoms with Gasteiger partial charge < -0.3 is 9.80 Å². The Balaban J connectivity index is 2.34. The van der Waals surface area contributed by atoms with Crippen molar-refractivity contribution in [1.29, 1.82) is 0 Å². The lowest BCUT2D eigenvalue weighted by molar-refractivity contribution is 0.144. The van der Waals surface area contributed by atoms with Gasteiger partial charge in [0, 0.05) is 43.5 Å². The van der Waals surface area contributed by atoms with Crippen LogP contribution in [0.5, 0.6) is 0 Å². The molecule has 1 aliphatic rings. The fraction of sp³-hybridized carbons (Fsp3) is 0.765. The van der Waals surface area contributed by atoms with Crippen LogP contribution in [0.1, 0.15) is 46.0 Å². The zero-order chi connectivity index (χ0) is 16.4. The molecule has 1 aliphatic heterocycles. The SMILES string of the molecule is C=N/C=C(/CCC)SCC1CCN(C(=O)N(C)CCC)CC1. The molecule has 5 heteroatoms. The topological polar surface area (TPSA) is 35.9 Å². The van der Waals surface area contributed by atoms with Gasteiger partial charge in [0.1, 0.15) is 0 Å². The maximum atomic E-state index is 12.2. The van der Waals surface area contributed by atoms with Gasteiger partial charge in [0.15, 0.2) is 0 Å². The van der Waals surface area contributed by atoms with E-state index in [1.54, 1.807) is 0 Å². The zero-order valence-electron chi connectivity index (χ0n) is 14.4. The van der Waals surface area contributed by atoms with Crippen LogP contribution in [0.25, 0.3) is 0 Å². The van der Waals surface area contributed by atoms with E-state index in [1.165, 1.54) is 4.91 Å². The molecule has 126 valence electrons. The predicted octanol–water partition coefficient (Wildman–Crippen LogP) is 4.24.